The van der Waals surface area contributed by atoms with E-state index in [-0.39, 0.29) is 18.0 Å². The van der Waals surface area contributed by atoms with Crippen LogP contribution in [0.25, 0.3) is 0 Å². The predicted octanol–water partition coefficient (Wildman–Crippen LogP) is 2.59. The number of aryl methyl sites for hydroxylation is 1. The third-order valence-corrected chi connectivity index (χ3v) is 3.41. The number of nitrogens with zero attached hydrogens (tertiary/aromatic N) is 1. The van der Waals surface area contributed by atoms with Crippen LogP contribution in [0.15, 0.2) is 18.2 Å². The van der Waals surface area contributed by atoms with Crippen molar-refractivity contribution in [2.24, 2.45) is 0 Å². The van der Waals surface area contributed by atoms with Gasteiger partial charge in [-0.25, -0.2) is 0 Å². The van der Waals surface area contributed by atoms with E-state index in [1.165, 1.54) is 6.07 Å². The zero-order chi connectivity index (χ0) is 13.2. The van der Waals surface area contributed by atoms with Gasteiger partial charge in [0, 0.05) is 6.07 Å². The SMILES string of the molecule is Cc1cccc([N+](=O)[O-])c1OCC1(O)CCCC1. The Morgan fingerprint density at radius 2 is 2.11 bits per heavy atom. The second kappa shape index (κ2) is 4.94. The number of benzene rings is 1. The van der Waals surface area contributed by atoms with Crippen molar-refractivity contribution >= 4 is 5.69 Å². The third kappa shape index (κ3) is 2.61. The van der Waals surface area contributed by atoms with Crippen LogP contribution in [0.2, 0.25) is 0 Å². The van der Waals surface area contributed by atoms with Gasteiger partial charge < -0.3 is 9.84 Å². The Morgan fingerprint density at radius 1 is 1.44 bits per heavy atom. The summed E-state index contributed by atoms with van der Waals surface area (Å²) < 4.78 is 5.52. The number of rotatable bonds is 4. The highest BCUT2D eigenvalue weighted by molar-refractivity contribution is 5.51. The number of hydrogen-bond donors (Lipinski definition) is 1. The Labute approximate surface area is 106 Å². The molecule has 0 aromatic heterocycles. The van der Waals surface area contributed by atoms with Crippen molar-refractivity contribution in [1.82, 2.24) is 0 Å². The number of para-hydroxylation sites is 1. The number of hydrogen-bond acceptors (Lipinski definition) is 4. The van der Waals surface area contributed by atoms with Gasteiger partial charge in [0.2, 0.25) is 0 Å². The third-order valence-electron chi connectivity index (χ3n) is 3.41. The molecular formula is C13H17NO4. The molecule has 1 aromatic carbocycles. The fourth-order valence-electron chi connectivity index (χ4n) is 2.35. The van der Waals surface area contributed by atoms with Gasteiger partial charge in [0.15, 0.2) is 5.75 Å². The first-order chi connectivity index (χ1) is 8.52. The fraction of sp³-hybridized carbons (Fsp3) is 0.538. The van der Waals surface area contributed by atoms with E-state index in [0.717, 1.165) is 12.8 Å². The monoisotopic (exact) mass is 251 g/mol. The van der Waals surface area contributed by atoms with Crippen molar-refractivity contribution in [3.05, 3.63) is 33.9 Å². The number of nitro groups is 1. The molecule has 5 heteroatoms. The molecule has 1 N–H and O–H groups in total. The lowest BCUT2D eigenvalue weighted by Crippen LogP contribution is -2.32. The summed E-state index contributed by atoms with van der Waals surface area (Å²) in [6.45, 7) is 1.89. The quantitative estimate of drug-likeness (QED) is 0.659. The molecule has 5 nitrogen and oxygen atoms in total. The van der Waals surface area contributed by atoms with Crippen molar-refractivity contribution in [2.45, 2.75) is 38.2 Å². The van der Waals surface area contributed by atoms with Crippen LogP contribution in [0.5, 0.6) is 5.75 Å². The Morgan fingerprint density at radius 3 is 2.72 bits per heavy atom. The Bertz CT molecular complexity index is 452. The van der Waals surface area contributed by atoms with Crippen LogP contribution in [0.1, 0.15) is 31.2 Å². The molecular weight excluding hydrogens is 234 g/mol. The standard InChI is InChI=1S/C13H17NO4/c1-10-5-4-6-11(14(16)17)12(10)18-9-13(15)7-2-3-8-13/h4-6,15H,2-3,7-9H2,1H3. The lowest BCUT2D eigenvalue weighted by Gasteiger charge is -2.22. The van der Waals surface area contributed by atoms with E-state index in [4.69, 9.17) is 4.74 Å². The van der Waals surface area contributed by atoms with Gasteiger partial charge in [-0.2, -0.15) is 0 Å². The molecule has 1 aliphatic rings. The first-order valence-corrected chi connectivity index (χ1v) is 6.11. The van der Waals surface area contributed by atoms with E-state index in [2.05, 4.69) is 0 Å². The Hall–Kier alpha value is -1.62. The summed E-state index contributed by atoms with van der Waals surface area (Å²) in [5, 5.41) is 21.1. The van der Waals surface area contributed by atoms with Gasteiger partial charge in [-0.15, -0.1) is 0 Å². The van der Waals surface area contributed by atoms with Crippen molar-refractivity contribution in [1.29, 1.82) is 0 Å². The van der Waals surface area contributed by atoms with E-state index in [9.17, 15) is 15.2 Å². The van der Waals surface area contributed by atoms with Crippen molar-refractivity contribution in [3.8, 4) is 5.75 Å². The number of nitro benzene ring substituents is 1. The minimum Gasteiger partial charge on any atom is -0.484 e. The zero-order valence-electron chi connectivity index (χ0n) is 10.4. The van der Waals surface area contributed by atoms with Crippen LogP contribution >= 0.6 is 0 Å². The summed E-state index contributed by atoms with van der Waals surface area (Å²) in [7, 11) is 0. The van der Waals surface area contributed by atoms with Crippen LogP contribution < -0.4 is 4.74 Å². The normalized spacial score (nSPS) is 17.7. The summed E-state index contributed by atoms with van der Waals surface area (Å²) >= 11 is 0. The van der Waals surface area contributed by atoms with Gasteiger partial charge in [-0.3, -0.25) is 10.1 Å². The molecule has 0 amide bonds. The van der Waals surface area contributed by atoms with E-state index in [1.807, 2.05) is 0 Å². The van der Waals surface area contributed by atoms with E-state index >= 15 is 0 Å². The van der Waals surface area contributed by atoms with E-state index in [1.54, 1.807) is 19.1 Å². The van der Waals surface area contributed by atoms with Gasteiger partial charge in [0.25, 0.3) is 0 Å². The Balaban J connectivity index is 2.15. The molecule has 0 spiro atoms. The maximum Gasteiger partial charge on any atom is 0.311 e. The zero-order valence-corrected chi connectivity index (χ0v) is 10.4. The summed E-state index contributed by atoms with van der Waals surface area (Å²) in [6.07, 6.45) is 3.37. The minimum atomic E-state index is -0.823. The van der Waals surface area contributed by atoms with Gasteiger partial charge in [0.05, 0.1) is 10.5 Å². The average Bonchev–Trinajstić information content (AvgIpc) is 2.74. The van der Waals surface area contributed by atoms with Gasteiger partial charge in [-0.05, 0) is 25.3 Å². The highest BCUT2D eigenvalue weighted by Gasteiger charge is 2.33. The molecule has 1 aromatic rings. The van der Waals surface area contributed by atoms with Crippen molar-refractivity contribution < 1.29 is 14.8 Å². The maximum absolute atomic E-state index is 10.9. The van der Waals surface area contributed by atoms with Crippen molar-refractivity contribution in [2.75, 3.05) is 6.61 Å². The van der Waals surface area contributed by atoms with Crippen LogP contribution in [0, 0.1) is 17.0 Å². The second-order valence-corrected chi connectivity index (χ2v) is 4.90. The number of aliphatic hydroxyl groups is 1. The summed E-state index contributed by atoms with van der Waals surface area (Å²) in [5.74, 6) is 0.267. The largest absolute Gasteiger partial charge is 0.484 e. The molecule has 2 rings (SSSR count). The lowest BCUT2D eigenvalue weighted by atomic mass is 10.0. The Kier molecular flexibility index (Phi) is 3.52. The molecule has 0 unspecified atom stereocenters. The first kappa shape index (κ1) is 12.8. The molecule has 1 aliphatic carbocycles. The summed E-state index contributed by atoms with van der Waals surface area (Å²) in [5.41, 5.74) is -0.154. The van der Waals surface area contributed by atoms with E-state index in [0.29, 0.717) is 18.4 Å². The maximum atomic E-state index is 10.9. The topological polar surface area (TPSA) is 72.6 Å². The summed E-state index contributed by atoms with van der Waals surface area (Å²) in [4.78, 5) is 10.5. The molecule has 18 heavy (non-hydrogen) atoms. The first-order valence-electron chi connectivity index (χ1n) is 6.11. The van der Waals surface area contributed by atoms with Gasteiger partial charge in [0.1, 0.15) is 6.61 Å². The minimum absolute atomic E-state index is 0.0448. The van der Waals surface area contributed by atoms with E-state index < -0.39 is 10.5 Å². The van der Waals surface area contributed by atoms with Gasteiger partial charge in [-0.1, -0.05) is 25.0 Å². The molecule has 0 atom stereocenters. The molecule has 0 saturated heterocycles. The molecule has 0 heterocycles. The predicted molar refractivity (Wildman–Crippen MR) is 66.7 cm³/mol. The smallest absolute Gasteiger partial charge is 0.311 e. The van der Waals surface area contributed by atoms with Gasteiger partial charge >= 0.3 is 5.69 Å². The molecule has 0 bridgehead atoms. The van der Waals surface area contributed by atoms with Crippen LogP contribution in [-0.4, -0.2) is 22.2 Å². The highest BCUT2D eigenvalue weighted by Crippen LogP contribution is 2.34. The number of ether oxygens (including phenoxy) is 1. The molecule has 1 fully saturated rings. The molecule has 0 radical (unpaired) electrons. The fourth-order valence-corrected chi connectivity index (χ4v) is 2.35. The highest BCUT2D eigenvalue weighted by atomic mass is 16.6. The van der Waals surface area contributed by atoms with Crippen LogP contribution in [0.4, 0.5) is 5.69 Å². The second-order valence-electron chi connectivity index (χ2n) is 4.90. The van der Waals surface area contributed by atoms with Crippen LogP contribution in [0.3, 0.4) is 0 Å². The molecule has 98 valence electrons. The van der Waals surface area contributed by atoms with Crippen molar-refractivity contribution in [3.63, 3.8) is 0 Å². The summed E-state index contributed by atoms with van der Waals surface area (Å²) in [6, 6.07) is 4.81. The lowest BCUT2D eigenvalue weighted by molar-refractivity contribution is -0.386. The average molecular weight is 251 g/mol. The van der Waals surface area contributed by atoms with Crippen LogP contribution in [-0.2, 0) is 0 Å². The molecule has 0 aliphatic heterocycles. The molecule has 1 saturated carbocycles.